The van der Waals surface area contributed by atoms with Crippen LogP contribution in [0.2, 0.25) is 0 Å². The second kappa shape index (κ2) is 14.3. The highest BCUT2D eigenvalue weighted by atomic mass is 15.1. The van der Waals surface area contributed by atoms with Gasteiger partial charge in [0.25, 0.3) is 0 Å². The van der Waals surface area contributed by atoms with E-state index in [0.29, 0.717) is 0 Å². The molecule has 0 atom stereocenters. The third kappa shape index (κ3) is 6.58. The molecule has 0 heterocycles. The molecular weight excluding hydrogens is 687 g/mol. The van der Waals surface area contributed by atoms with Gasteiger partial charge in [0, 0.05) is 22.4 Å². The summed E-state index contributed by atoms with van der Waals surface area (Å²) in [5.41, 5.74) is 21.1. The molecule has 1 aliphatic carbocycles. The average molecular weight is 736 g/mol. The average Bonchev–Trinajstić information content (AvgIpc) is 3.47. The van der Waals surface area contributed by atoms with E-state index in [1.165, 1.54) is 77.9 Å². The van der Waals surface area contributed by atoms with Crippen LogP contribution < -0.4 is 4.90 Å². The number of benzene rings is 8. The molecule has 0 bridgehead atoms. The Bertz CT molecular complexity index is 2730. The van der Waals surface area contributed by atoms with Gasteiger partial charge in [0.15, 0.2) is 0 Å². The number of anilines is 3. The lowest BCUT2D eigenvalue weighted by molar-refractivity contribution is 0.590. The predicted octanol–water partition coefficient (Wildman–Crippen LogP) is 15.7. The molecule has 0 unspecified atom stereocenters. The van der Waals surface area contributed by atoms with Gasteiger partial charge in [0.05, 0.1) is 5.69 Å². The Balaban J connectivity index is 1.23. The third-order valence-corrected chi connectivity index (χ3v) is 12.0. The van der Waals surface area contributed by atoms with E-state index >= 15 is 0 Å². The first-order valence-corrected chi connectivity index (χ1v) is 20.2. The first-order chi connectivity index (χ1) is 27.6. The zero-order valence-electron chi connectivity index (χ0n) is 33.8. The first kappa shape index (κ1) is 36.2. The molecule has 0 saturated carbocycles. The molecule has 0 spiro atoms. The number of nitrogens with zero attached hydrogens (tertiary/aromatic N) is 1. The largest absolute Gasteiger partial charge is 0.310 e. The molecule has 1 heteroatoms. The zero-order chi connectivity index (χ0) is 39.3. The summed E-state index contributed by atoms with van der Waals surface area (Å²) < 4.78 is 0. The minimum atomic E-state index is -0.124. The van der Waals surface area contributed by atoms with Crippen LogP contribution in [0.4, 0.5) is 17.1 Å². The van der Waals surface area contributed by atoms with Crippen LogP contribution in [0.15, 0.2) is 188 Å². The van der Waals surface area contributed by atoms with Crippen molar-refractivity contribution in [2.45, 2.75) is 52.4 Å². The second-order valence-electron chi connectivity index (χ2n) is 17.1. The third-order valence-electron chi connectivity index (χ3n) is 12.0. The van der Waals surface area contributed by atoms with Crippen molar-refractivity contribution < 1.29 is 0 Å². The topological polar surface area (TPSA) is 3.24 Å². The summed E-state index contributed by atoms with van der Waals surface area (Å²) in [6.45, 7) is 13.8. The fraction of sp³-hybridized carbons (Fsp3) is 0.143. The number of hydrogen-bond acceptors (Lipinski definition) is 1. The second-order valence-corrected chi connectivity index (χ2v) is 17.1. The van der Waals surface area contributed by atoms with Crippen LogP contribution in [0.3, 0.4) is 0 Å². The van der Waals surface area contributed by atoms with Crippen molar-refractivity contribution in [3.05, 3.63) is 210 Å². The molecule has 1 aliphatic rings. The van der Waals surface area contributed by atoms with E-state index in [1.54, 1.807) is 0 Å². The Kier molecular flexibility index (Phi) is 9.05. The van der Waals surface area contributed by atoms with Gasteiger partial charge in [-0.3, -0.25) is 0 Å². The molecule has 278 valence electrons. The van der Waals surface area contributed by atoms with Crippen molar-refractivity contribution in [2.75, 3.05) is 4.90 Å². The fourth-order valence-corrected chi connectivity index (χ4v) is 8.82. The Morgan fingerprint density at radius 3 is 1.58 bits per heavy atom. The summed E-state index contributed by atoms with van der Waals surface area (Å²) in [4.78, 5) is 2.47. The first-order valence-electron chi connectivity index (χ1n) is 20.2. The van der Waals surface area contributed by atoms with Gasteiger partial charge in [-0.2, -0.15) is 0 Å². The van der Waals surface area contributed by atoms with Gasteiger partial charge < -0.3 is 4.90 Å². The van der Waals surface area contributed by atoms with Crippen LogP contribution in [0.5, 0.6) is 0 Å². The minimum Gasteiger partial charge on any atom is -0.310 e. The van der Waals surface area contributed by atoms with E-state index < -0.39 is 0 Å². The van der Waals surface area contributed by atoms with E-state index in [2.05, 4.69) is 234 Å². The molecule has 0 amide bonds. The number of aryl methyl sites for hydroxylation is 1. The maximum atomic E-state index is 2.47. The van der Waals surface area contributed by atoms with E-state index in [-0.39, 0.29) is 10.8 Å². The monoisotopic (exact) mass is 735 g/mol. The summed E-state index contributed by atoms with van der Waals surface area (Å²) >= 11 is 0. The van der Waals surface area contributed by atoms with Gasteiger partial charge in [-0.15, -0.1) is 0 Å². The number of hydrogen-bond donors (Lipinski definition) is 0. The Morgan fingerprint density at radius 2 is 0.912 bits per heavy atom. The summed E-state index contributed by atoms with van der Waals surface area (Å²) in [5.74, 6) is 0. The molecule has 0 aliphatic heterocycles. The SMILES string of the molecule is Cc1ccccc1-c1cc(-c2ccc(C(C)(C)C)cc2)ccc1N(c1ccc(-c2ccccc2-c2ccccc2)cc1)c1ccc2c(c1)C(C)(C)c1ccccc1-2. The van der Waals surface area contributed by atoms with Crippen LogP contribution in [0.25, 0.3) is 55.6 Å². The smallest absolute Gasteiger partial charge is 0.0540 e. The summed E-state index contributed by atoms with van der Waals surface area (Å²) in [7, 11) is 0. The molecule has 0 N–H and O–H groups in total. The lowest BCUT2D eigenvalue weighted by Gasteiger charge is -2.30. The molecule has 0 aromatic heterocycles. The Labute approximate surface area is 339 Å². The summed E-state index contributed by atoms with van der Waals surface area (Å²) in [6.07, 6.45) is 0. The molecule has 8 aromatic carbocycles. The molecule has 0 saturated heterocycles. The Hall–Kier alpha value is -6.44. The van der Waals surface area contributed by atoms with E-state index in [9.17, 15) is 0 Å². The standard InChI is InChI=1S/C56H49N/c1-38-16-10-11-19-46(38)51-36-42(39-24-29-43(30-25-39)55(2,3)4)28-35-54(51)57(45-33-34-50-49-22-14-15-23-52(49)56(5,6)53(50)37-45)44-31-26-41(27-32-44)48-21-13-12-20-47(48)40-17-8-7-9-18-40/h7-37H,1-6H3. The van der Waals surface area contributed by atoms with Crippen molar-refractivity contribution in [2.24, 2.45) is 0 Å². The van der Waals surface area contributed by atoms with E-state index in [0.717, 1.165) is 17.1 Å². The molecule has 57 heavy (non-hydrogen) atoms. The lowest BCUT2D eigenvalue weighted by Crippen LogP contribution is -2.17. The minimum absolute atomic E-state index is 0.0974. The van der Waals surface area contributed by atoms with Crippen molar-refractivity contribution >= 4 is 17.1 Å². The van der Waals surface area contributed by atoms with E-state index in [4.69, 9.17) is 0 Å². The molecule has 0 radical (unpaired) electrons. The van der Waals surface area contributed by atoms with E-state index in [1.807, 2.05) is 0 Å². The normalized spacial score (nSPS) is 12.9. The molecular formula is C56H49N. The molecule has 9 rings (SSSR count). The molecule has 8 aromatic rings. The number of fused-ring (bicyclic) bond motifs is 3. The highest BCUT2D eigenvalue weighted by Gasteiger charge is 2.36. The zero-order valence-corrected chi connectivity index (χ0v) is 33.8. The highest BCUT2D eigenvalue weighted by Crippen LogP contribution is 2.52. The van der Waals surface area contributed by atoms with Crippen LogP contribution in [0.1, 0.15) is 56.9 Å². The quantitative estimate of drug-likeness (QED) is 0.158. The molecule has 0 fully saturated rings. The van der Waals surface area contributed by atoms with Gasteiger partial charge in [0.2, 0.25) is 0 Å². The lowest BCUT2D eigenvalue weighted by atomic mass is 9.82. The van der Waals surface area contributed by atoms with Crippen LogP contribution in [-0.2, 0) is 10.8 Å². The van der Waals surface area contributed by atoms with Crippen molar-refractivity contribution in [3.8, 4) is 55.6 Å². The van der Waals surface area contributed by atoms with Crippen molar-refractivity contribution in [1.29, 1.82) is 0 Å². The Morgan fingerprint density at radius 1 is 0.386 bits per heavy atom. The van der Waals surface area contributed by atoms with Crippen LogP contribution >= 0.6 is 0 Å². The van der Waals surface area contributed by atoms with Gasteiger partial charge in [0.1, 0.15) is 0 Å². The van der Waals surface area contributed by atoms with Crippen LogP contribution in [0, 0.1) is 6.92 Å². The predicted molar refractivity (Wildman–Crippen MR) is 244 cm³/mol. The maximum absolute atomic E-state index is 2.47. The van der Waals surface area contributed by atoms with Crippen molar-refractivity contribution in [3.63, 3.8) is 0 Å². The maximum Gasteiger partial charge on any atom is 0.0540 e. The van der Waals surface area contributed by atoms with Gasteiger partial charge >= 0.3 is 0 Å². The van der Waals surface area contributed by atoms with Gasteiger partial charge in [-0.1, -0.05) is 186 Å². The summed E-state index contributed by atoms with van der Waals surface area (Å²) in [6, 6.07) is 69.5. The van der Waals surface area contributed by atoms with Gasteiger partial charge in [-0.25, -0.2) is 0 Å². The number of rotatable bonds is 7. The van der Waals surface area contributed by atoms with Gasteiger partial charge in [-0.05, 0) is 121 Å². The fourth-order valence-electron chi connectivity index (χ4n) is 8.82. The summed E-state index contributed by atoms with van der Waals surface area (Å²) in [5, 5.41) is 0. The highest BCUT2D eigenvalue weighted by molar-refractivity contribution is 5.94. The van der Waals surface area contributed by atoms with Crippen LogP contribution in [-0.4, -0.2) is 0 Å². The van der Waals surface area contributed by atoms with Crippen molar-refractivity contribution in [1.82, 2.24) is 0 Å². The molecule has 1 nitrogen and oxygen atoms in total.